The highest BCUT2D eigenvalue weighted by Crippen LogP contribution is 2.30. The highest BCUT2D eigenvalue weighted by molar-refractivity contribution is 5.69. The Morgan fingerprint density at radius 1 is 1.06 bits per heavy atom. The molecule has 0 saturated carbocycles. The van der Waals surface area contributed by atoms with Crippen LogP contribution in [0.1, 0.15) is 32.3 Å². The van der Waals surface area contributed by atoms with Crippen LogP contribution in [-0.4, -0.2) is 58.3 Å². The summed E-state index contributed by atoms with van der Waals surface area (Å²) < 4.78 is 13.4. The predicted octanol–water partition coefficient (Wildman–Crippen LogP) is 4.08. The number of piperidine rings is 3. The number of carbonyl (C=O) groups excluding carboxylic acids is 1. The number of carbonyl (C=O) groups is 1. The van der Waals surface area contributed by atoms with Gasteiger partial charge in [-0.15, -0.1) is 5.10 Å². The Bertz CT molecular complexity index is 1100. The largest absolute Gasteiger partial charge is 0.492 e. The van der Waals surface area contributed by atoms with Crippen LogP contribution in [0.15, 0.2) is 60.9 Å². The van der Waals surface area contributed by atoms with E-state index in [4.69, 9.17) is 9.47 Å². The molecule has 3 aliphatic rings. The number of hydrogen-bond acceptors (Lipinski definition) is 6. The Labute approximate surface area is 206 Å². The maximum absolute atomic E-state index is 12.7. The fourth-order valence-corrected chi connectivity index (χ4v) is 4.97. The standard InChI is InChI=1S/C27H33N5O3/c1-27(2,29-26(33)35-25-19-31-14-11-22(25)12-15-31)23-7-3-20(4-8-23)21-5-9-24(10-6-21)34-18-17-32-16-13-28-30-32/h3-10,13,16,22,25H,11-12,14-15,17-19H2,1-2H3,(H,29,33). The summed E-state index contributed by atoms with van der Waals surface area (Å²) in [5, 5.41) is 10.8. The quantitative estimate of drug-likeness (QED) is 0.529. The number of alkyl carbamates (subject to hydrolysis) is 1. The number of hydrogen-bond donors (Lipinski definition) is 1. The van der Waals surface area contributed by atoms with Gasteiger partial charge in [0, 0.05) is 12.7 Å². The van der Waals surface area contributed by atoms with Crippen LogP contribution < -0.4 is 10.1 Å². The lowest BCUT2D eigenvalue weighted by Crippen LogP contribution is -2.53. The van der Waals surface area contributed by atoms with Crippen LogP contribution in [0.4, 0.5) is 4.79 Å². The third-order valence-electron chi connectivity index (χ3n) is 7.12. The molecule has 8 heteroatoms. The van der Waals surface area contributed by atoms with Gasteiger partial charge >= 0.3 is 6.09 Å². The number of nitrogens with zero attached hydrogens (tertiary/aromatic N) is 4. The van der Waals surface area contributed by atoms with E-state index in [1.165, 1.54) is 0 Å². The van der Waals surface area contributed by atoms with Gasteiger partial charge in [0.2, 0.25) is 0 Å². The molecule has 1 unspecified atom stereocenters. The molecular formula is C27H33N5O3. The Hall–Kier alpha value is -3.39. The average Bonchev–Trinajstić information content (AvgIpc) is 3.39. The zero-order valence-electron chi connectivity index (χ0n) is 20.4. The van der Waals surface area contributed by atoms with Crippen LogP contribution in [0.2, 0.25) is 0 Å². The van der Waals surface area contributed by atoms with Gasteiger partial charge < -0.3 is 14.8 Å². The van der Waals surface area contributed by atoms with Gasteiger partial charge in [-0.2, -0.15) is 0 Å². The lowest BCUT2D eigenvalue weighted by atomic mass is 9.86. The van der Waals surface area contributed by atoms with Gasteiger partial charge in [0.05, 0.1) is 18.3 Å². The second-order valence-electron chi connectivity index (χ2n) is 9.95. The molecule has 3 fully saturated rings. The molecule has 1 N–H and O–H groups in total. The smallest absolute Gasteiger partial charge is 0.408 e. The van der Waals surface area contributed by atoms with Crippen molar-refractivity contribution >= 4 is 6.09 Å². The summed E-state index contributed by atoms with van der Waals surface area (Å²) in [6.45, 7) is 8.31. The summed E-state index contributed by atoms with van der Waals surface area (Å²) in [7, 11) is 0. The molecule has 6 rings (SSSR count). The first-order chi connectivity index (χ1) is 17.0. The van der Waals surface area contributed by atoms with Crippen LogP contribution >= 0.6 is 0 Å². The maximum atomic E-state index is 12.7. The number of aromatic nitrogens is 3. The van der Waals surface area contributed by atoms with Crippen LogP contribution in [0.3, 0.4) is 0 Å². The van der Waals surface area contributed by atoms with Gasteiger partial charge in [-0.3, -0.25) is 4.90 Å². The van der Waals surface area contributed by atoms with Gasteiger partial charge in [-0.25, -0.2) is 9.48 Å². The monoisotopic (exact) mass is 475 g/mol. The molecule has 4 heterocycles. The van der Waals surface area contributed by atoms with Crippen molar-refractivity contribution in [1.82, 2.24) is 25.2 Å². The second kappa shape index (κ2) is 10.1. The first kappa shape index (κ1) is 23.4. The number of amides is 1. The fraction of sp³-hybridized carbons (Fsp3) is 0.444. The van der Waals surface area contributed by atoms with Gasteiger partial charge in [0.1, 0.15) is 18.5 Å². The van der Waals surface area contributed by atoms with Crippen molar-refractivity contribution < 1.29 is 14.3 Å². The number of fused-ring (bicyclic) bond motifs is 3. The van der Waals surface area contributed by atoms with E-state index in [0.717, 1.165) is 54.9 Å². The third-order valence-corrected chi connectivity index (χ3v) is 7.12. The van der Waals surface area contributed by atoms with E-state index in [1.54, 1.807) is 10.9 Å². The molecular weight excluding hydrogens is 442 g/mol. The highest BCUT2D eigenvalue weighted by Gasteiger charge is 2.37. The molecule has 1 amide bonds. The number of nitrogens with one attached hydrogen (secondary N) is 1. The van der Waals surface area contributed by atoms with Gasteiger partial charge in [0.25, 0.3) is 0 Å². The van der Waals surface area contributed by atoms with Gasteiger partial charge in [-0.1, -0.05) is 41.6 Å². The predicted molar refractivity (Wildman–Crippen MR) is 133 cm³/mol. The van der Waals surface area contributed by atoms with Crippen LogP contribution in [0.25, 0.3) is 11.1 Å². The van der Waals surface area contributed by atoms with Crippen molar-refractivity contribution in [3.05, 3.63) is 66.5 Å². The topological polar surface area (TPSA) is 81.5 Å². The minimum Gasteiger partial charge on any atom is -0.492 e. The third kappa shape index (κ3) is 5.65. The molecule has 3 aliphatic heterocycles. The lowest BCUT2D eigenvalue weighted by molar-refractivity contribution is -0.0349. The van der Waals surface area contributed by atoms with Crippen molar-refractivity contribution in [3.8, 4) is 16.9 Å². The first-order valence-corrected chi connectivity index (χ1v) is 12.4. The average molecular weight is 476 g/mol. The molecule has 8 nitrogen and oxygen atoms in total. The van der Waals surface area contributed by atoms with E-state index in [-0.39, 0.29) is 12.2 Å². The minimum atomic E-state index is -0.536. The molecule has 3 saturated heterocycles. The van der Waals surface area contributed by atoms with Crippen molar-refractivity contribution in [2.24, 2.45) is 5.92 Å². The first-order valence-electron chi connectivity index (χ1n) is 12.4. The summed E-state index contributed by atoms with van der Waals surface area (Å²) in [5.41, 5.74) is 2.70. The summed E-state index contributed by atoms with van der Waals surface area (Å²) in [4.78, 5) is 15.1. The maximum Gasteiger partial charge on any atom is 0.408 e. The fourth-order valence-electron chi connectivity index (χ4n) is 4.97. The van der Waals surface area contributed by atoms with E-state index in [0.29, 0.717) is 19.1 Å². The Morgan fingerprint density at radius 3 is 2.34 bits per heavy atom. The van der Waals surface area contributed by atoms with Crippen LogP contribution in [0, 0.1) is 5.92 Å². The molecule has 0 aliphatic carbocycles. The zero-order chi connectivity index (χ0) is 24.3. The number of rotatable bonds is 8. The summed E-state index contributed by atoms with van der Waals surface area (Å²) in [6.07, 6.45) is 5.39. The van der Waals surface area contributed by atoms with Crippen molar-refractivity contribution in [1.29, 1.82) is 0 Å². The Kier molecular flexibility index (Phi) is 6.72. The molecule has 0 spiro atoms. The highest BCUT2D eigenvalue weighted by atomic mass is 16.6. The normalized spacial score (nSPS) is 21.5. The molecule has 1 aromatic heterocycles. The zero-order valence-corrected chi connectivity index (χ0v) is 20.4. The van der Waals surface area contributed by atoms with Crippen LogP contribution in [0.5, 0.6) is 5.75 Å². The number of benzene rings is 2. The van der Waals surface area contributed by atoms with Crippen molar-refractivity contribution in [3.63, 3.8) is 0 Å². The number of ether oxygens (including phenoxy) is 2. The SMILES string of the molecule is CC(C)(NC(=O)OC1CN2CCC1CC2)c1ccc(-c2ccc(OCCn3ccnn3)cc2)cc1. The van der Waals surface area contributed by atoms with Gasteiger partial charge in [0.15, 0.2) is 0 Å². The van der Waals surface area contributed by atoms with Crippen molar-refractivity contribution in [2.75, 3.05) is 26.2 Å². The Balaban J connectivity index is 1.15. The molecule has 1 atom stereocenters. The van der Waals surface area contributed by atoms with Crippen molar-refractivity contribution in [2.45, 2.75) is 44.9 Å². The minimum absolute atomic E-state index is 0.00481. The van der Waals surface area contributed by atoms with Gasteiger partial charge in [-0.05, 0) is 74.5 Å². The van der Waals surface area contributed by atoms with E-state index in [1.807, 2.05) is 32.2 Å². The molecule has 2 aromatic carbocycles. The van der Waals surface area contributed by atoms with E-state index in [2.05, 4.69) is 56.9 Å². The van der Waals surface area contributed by atoms with Crippen LogP contribution in [-0.2, 0) is 16.8 Å². The summed E-state index contributed by atoms with van der Waals surface area (Å²) >= 11 is 0. The Morgan fingerprint density at radius 2 is 1.74 bits per heavy atom. The molecule has 184 valence electrons. The summed E-state index contributed by atoms with van der Waals surface area (Å²) in [5.74, 6) is 1.32. The van der Waals surface area contributed by atoms with E-state index in [9.17, 15) is 4.79 Å². The molecule has 2 bridgehead atoms. The molecule has 35 heavy (non-hydrogen) atoms. The lowest BCUT2D eigenvalue weighted by Gasteiger charge is -2.44. The molecule has 3 aromatic rings. The summed E-state index contributed by atoms with van der Waals surface area (Å²) in [6, 6.07) is 16.3. The van der Waals surface area contributed by atoms with E-state index < -0.39 is 5.54 Å². The second-order valence-corrected chi connectivity index (χ2v) is 9.95. The molecule has 0 radical (unpaired) electrons. The van der Waals surface area contributed by atoms with E-state index >= 15 is 0 Å².